The highest BCUT2D eigenvalue weighted by molar-refractivity contribution is 5.80. The molecule has 0 radical (unpaired) electrons. The number of carboxylic acids is 1. The van der Waals surface area contributed by atoms with Gasteiger partial charge in [0.15, 0.2) is 0 Å². The van der Waals surface area contributed by atoms with Crippen molar-refractivity contribution in [3.63, 3.8) is 0 Å². The van der Waals surface area contributed by atoms with Crippen LogP contribution < -0.4 is 5.73 Å². The lowest BCUT2D eigenvalue weighted by atomic mass is 9.78. The Hall–Kier alpha value is -1.14. The van der Waals surface area contributed by atoms with Crippen LogP contribution in [0.25, 0.3) is 0 Å². The number of hydrogen-bond donors (Lipinski definition) is 3. The number of hydrogen-bond acceptors (Lipinski definition) is 4. The number of nitrogens with two attached hydrogens (primary N) is 1. The first-order chi connectivity index (χ1) is 8.91. The number of β-amino-alcohol motifs (C(OH)–C–C–N with tert-alkyl or cyclic N) is 1. The Balaban J connectivity index is 1.92. The third-order valence-corrected chi connectivity index (χ3v) is 4.46. The summed E-state index contributed by atoms with van der Waals surface area (Å²) < 4.78 is 0. The van der Waals surface area contributed by atoms with E-state index in [-0.39, 0.29) is 17.9 Å². The van der Waals surface area contributed by atoms with E-state index in [1.807, 2.05) is 4.90 Å². The summed E-state index contributed by atoms with van der Waals surface area (Å²) in [7, 11) is 0. The molecule has 0 spiro atoms. The zero-order valence-electron chi connectivity index (χ0n) is 11.0. The summed E-state index contributed by atoms with van der Waals surface area (Å²) in [6.45, 7) is 1.20. The van der Waals surface area contributed by atoms with Gasteiger partial charge in [0.05, 0.1) is 17.6 Å². The second-order valence-electron chi connectivity index (χ2n) is 5.87. The largest absolute Gasteiger partial charge is 0.481 e. The third kappa shape index (κ3) is 3.25. The van der Waals surface area contributed by atoms with E-state index in [4.69, 9.17) is 10.8 Å². The van der Waals surface area contributed by atoms with Crippen molar-refractivity contribution in [1.82, 2.24) is 4.90 Å². The summed E-state index contributed by atoms with van der Waals surface area (Å²) in [4.78, 5) is 24.2. The van der Waals surface area contributed by atoms with Gasteiger partial charge in [0, 0.05) is 6.54 Å². The lowest BCUT2D eigenvalue weighted by Gasteiger charge is -2.38. The fourth-order valence-corrected chi connectivity index (χ4v) is 3.28. The average Bonchev–Trinajstić information content (AvgIpc) is 2.77. The van der Waals surface area contributed by atoms with Crippen LogP contribution in [0.5, 0.6) is 0 Å². The zero-order valence-corrected chi connectivity index (χ0v) is 11.0. The maximum Gasteiger partial charge on any atom is 0.306 e. The second kappa shape index (κ2) is 5.46. The van der Waals surface area contributed by atoms with Gasteiger partial charge in [-0.15, -0.1) is 0 Å². The van der Waals surface area contributed by atoms with E-state index in [0.717, 1.165) is 19.4 Å². The first kappa shape index (κ1) is 14.3. The van der Waals surface area contributed by atoms with Gasteiger partial charge in [-0.1, -0.05) is 0 Å². The van der Waals surface area contributed by atoms with Gasteiger partial charge in [-0.25, -0.2) is 0 Å². The van der Waals surface area contributed by atoms with E-state index in [1.165, 1.54) is 0 Å². The standard InChI is InChI=1S/C13H22N2O4/c14-11(16)10-2-1-7-15(10)8-13(19)5-3-9(4-6-13)12(17)18/h9-10,19H,1-8H2,(H2,14,16)(H,17,18). The molecule has 108 valence electrons. The van der Waals surface area contributed by atoms with Gasteiger partial charge in [0.1, 0.15) is 0 Å². The molecule has 2 rings (SSSR count). The monoisotopic (exact) mass is 270 g/mol. The fraction of sp³-hybridized carbons (Fsp3) is 0.846. The van der Waals surface area contributed by atoms with E-state index in [0.29, 0.717) is 32.2 Å². The van der Waals surface area contributed by atoms with Crippen molar-refractivity contribution >= 4 is 11.9 Å². The van der Waals surface area contributed by atoms with Gasteiger partial charge in [0.25, 0.3) is 0 Å². The number of nitrogens with zero attached hydrogens (tertiary/aromatic N) is 1. The minimum absolute atomic E-state index is 0.277. The summed E-state index contributed by atoms with van der Waals surface area (Å²) in [6.07, 6.45) is 3.63. The Morgan fingerprint density at radius 3 is 2.42 bits per heavy atom. The van der Waals surface area contributed by atoms with Crippen molar-refractivity contribution in [2.24, 2.45) is 11.7 Å². The van der Waals surface area contributed by atoms with Crippen LogP contribution in [0.1, 0.15) is 38.5 Å². The minimum Gasteiger partial charge on any atom is -0.481 e. The van der Waals surface area contributed by atoms with Crippen LogP contribution in [0, 0.1) is 5.92 Å². The number of aliphatic carboxylic acids is 1. The Bertz CT molecular complexity index is 364. The number of aliphatic hydroxyl groups is 1. The predicted octanol–water partition coefficient (Wildman–Crippen LogP) is -0.0580. The molecule has 1 saturated heterocycles. The molecule has 19 heavy (non-hydrogen) atoms. The van der Waals surface area contributed by atoms with Gasteiger partial charge >= 0.3 is 5.97 Å². The molecule has 6 heteroatoms. The van der Waals surface area contributed by atoms with Crippen molar-refractivity contribution in [1.29, 1.82) is 0 Å². The highest BCUT2D eigenvalue weighted by Crippen LogP contribution is 2.34. The lowest BCUT2D eigenvalue weighted by Crippen LogP contribution is -2.50. The molecule has 2 aliphatic rings. The van der Waals surface area contributed by atoms with Gasteiger partial charge in [-0.05, 0) is 45.1 Å². The highest BCUT2D eigenvalue weighted by atomic mass is 16.4. The maximum absolute atomic E-state index is 11.3. The molecule has 6 nitrogen and oxygen atoms in total. The summed E-state index contributed by atoms with van der Waals surface area (Å²) >= 11 is 0. The van der Waals surface area contributed by atoms with Crippen molar-refractivity contribution in [2.45, 2.75) is 50.2 Å². The number of amides is 1. The van der Waals surface area contributed by atoms with E-state index in [9.17, 15) is 14.7 Å². The summed E-state index contributed by atoms with van der Waals surface area (Å²) in [5.41, 5.74) is 4.49. The highest BCUT2D eigenvalue weighted by Gasteiger charge is 2.40. The number of carbonyl (C=O) groups is 2. The lowest BCUT2D eigenvalue weighted by molar-refractivity contribution is -0.145. The molecular formula is C13H22N2O4. The summed E-state index contributed by atoms with van der Waals surface area (Å²) in [5, 5.41) is 19.5. The van der Waals surface area contributed by atoms with Crippen LogP contribution in [-0.4, -0.2) is 51.7 Å². The molecule has 4 N–H and O–H groups in total. The Morgan fingerprint density at radius 2 is 1.89 bits per heavy atom. The van der Waals surface area contributed by atoms with Crippen molar-refractivity contribution in [3.05, 3.63) is 0 Å². The normalized spacial score (nSPS) is 36.3. The molecule has 0 aromatic heterocycles. The fourth-order valence-electron chi connectivity index (χ4n) is 3.28. The SMILES string of the molecule is NC(=O)C1CCCN1CC1(O)CCC(C(=O)O)CC1. The van der Waals surface area contributed by atoms with E-state index in [2.05, 4.69) is 0 Å². The van der Waals surface area contributed by atoms with Crippen LogP contribution in [0.2, 0.25) is 0 Å². The molecule has 1 saturated carbocycles. The van der Waals surface area contributed by atoms with Crippen LogP contribution in [0.4, 0.5) is 0 Å². The van der Waals surface area contributed by atoms with Crippen molar-refractivity contribution in [3.8, 4) is 0 Å². The van der Waals surface area contributed by atoms with Gasteiger partial charge in [-0.2, -0.15) is 0 Å². The molecule has 1 unspecified atom stereocenters. The third-order valence-electron chi connectivity index (χ3n) is 4.46. The molecular weight excluding hydrogens is 248 g/mol. The number of rotatable bonds is 4. The molecule has 0 aromatic rings. The van der Waals surface area contributed by atoms with Crippen LogP contribution in [0.15, 0.2) is 0 Å². The molecule has 1 amide bonds. The van der Waals surface area contributed by atoms with Crippen LogP contribution in [-0.2, 0) is 9.59 Å². The Labute approximate surface area is 112 Å². The second-order valence-corrected chi connectivity index (χ2v) is 5.87. The van der Waals surface area contributed by atoms with Crippen molar-refractivity contribution < 1.29 is 19.8 Å². The van der Waals surface area contributed by atoms with E-state index >= 15 is 0 Å². The molecule has 2 fully saturated rings. The number of carboxylic acid groups (broad SMARTS) is 1. The van der Waals surface area contributed by atoms with Gasteiger partial charge in [-0.3, -0.25) is 14.5 Å². The molecule has 1 heterocycles. The maximum atomic E-state index is 11.3. The minimum atomic E-state index is -0.871. The van der Waals surface area contributed by atoms with Crippen LogP contribution in [0.3, 0.4) is 0 Å². The number of primary amides is 1. The van der Waals surface area contributed by atoms with Crippen LogP contribution >= 0.6 is 0 Å². The zero-order chi connectivity index (χ0) is 14.0. The number of carbonyl (C=O) groups excluding carboxylic acids is 1. The Kier molecular flexibility index (Phi) is 4.10. The molecule has 0 aromatic carbocycles. The molecule has 1 aliphatic carbocycles. The number of likely N-dealkylation sites (tertiary alicyclic amines) is 1. The molecule has 0 bridgehead atoms. The van der Waals surface area contributed by atoms with Gasteiger partial charge < -0.3 is 15.9 Å². The predicted molar refractivity (Wildman–Crippen MR) is 68.3 cm³/mol. The first-order valence-corrected chi connectivity index (χ1v) is 6.90. The summed E-state index contributed by atoms with van der Waals surface area (Å²) in [6, 6.07) is -0.277. The molecule has 1 aliphatic heterocycles. The first-order valence-electron chi connectivity index (χ1n) is 6.90. The van der Waals surface area contributed by atoms with Gasteiger partial charge in [0.2, 0.25) is 5.91 Å². The Morgan fingerprint density at radius 1 is 1.26 bits per heavy atom. The van der Waals surface area contributed by atoms with E-state index in [1.54, 1.807) is 0 Å². The smallest absolute Gasteiger partial charge is 0.306 e. The summed E-state index contributed by atoms with van der Waals surface area (Å²) in [5.74, 6) is -1.45. The topological polar surface area (TPSA) is 104 Å². The molecule has 1 atom stereocenters. The quantitative estimate of drug-likeness (QED) is 0.664. The van der Waals surface area contributed by atoms with E-state index < -0.39 is 11.6 Å². The van der Waals surface area contributed by atoms with Crippen molar-refractivity contribution in [2.75, 3.05) is 13.1 Å². The average molecular weight is 270 g/mol.